The van der Waals surface area contributed by atoms with E-state index in [-0.39, 0.29) is 0 Å². The predicted molar refractivity (Wildman–Crippen MR) is 124 cm³/mol. The Bertz CT molecular complexity index is 1250. The van der Waals surface area contributed by atoms with Crippen LogP contribution in [0.4, 0.5) is 0 Å². The van der Waals surface area contributed by atoms with Gasteiger partial charge in [0.15, 0.2) is 5.82 Å². The van der Waals surface area contributed by atoms with Crippen molar-refractivity contribution in [3.63, 3.8) is 0 Å². The number of hydrogen-bond acceptors (Lipinski definition) is 4. The maximum Gasteiger partial charge on any atom is 0.160 e. The van der Waals surface area contributed by atoms with E-state index in [1.807, 2.05) is 43.3 Å². The lowest BCUT2D eigenvalue weighted by Crippen LogP contribution is -2.05. The molecule has 30 heavy (non-hydrogen) atoms. The summed E-state index contributed by atoms with van der Waals surface area (Å²) in [7, 11) is 0. The fourth-order valence-corrected chi connectivity index (χ4v) is 5.27. The second-order valence-corrected chi connectivity index (χ2v) is 9.16. The molecule has 0 amide bonds. The maximum atomic E-state index is 6.53. The molecular weight excluding hydrogens is 435 g/mol. The number of rotatable bonds is 4. The second kappa shape index (κ2) is 7.99. The number of aryl methyl sites for hydroxylation is 3. The molecule has 0 spiro atoms. The predicted octanol–water partition coefficient (Wildman–Crippen LogP) is 6.08. The maximum absolute atomic E-state index is 6.53. The van der Waals surface area contributed by atoms with Crippen LogP contribution in [0, 0.1) is 6.92 Å². The Kier molecular flexibility index (Phi) is 5.19. The Hall–Kier alpha value is -2.47. The van der Waals surface area contributed by atoms with Crippen molar-refractivity contribution >= 4 is 40.3 Å². The van der Waals surface area contributed by atoms with Crippen molar-refractivity contribution in [3.05, 3.63) is 97.9 Å². The zero-order valence-corrected chi connectivity index (χ0v) is 18.6. The van der Waals surface area contributed by atoms with E-state index in [0.29, 0.717) is 11.6 Å². The second-order valence-electron chi connectivity index (χ2n) is 7.20. The molecule has 0 fully saturated rings. The summed E-state index contributed by atoms with van der Waals surface area (Å²) in [6.45, 7) is 2.46. The Morgan fingerprint density at radius 2 is 1.77 bits per heavy atom. The first-order valence-electron chi connectivity index (χ1n) is 9.68. The highest BCUT2D eigenvalue weighted by Crippen LogP contribution is 2.35. The monoisotopic (exact) mass is 452 g/mol. The topological polar surface area (TPSA) is 43.1 Å². The third-order valence-electron chi connectivity index (χ3n) is 5.19. The molecule has 0 aliphatic carbocycles. The van der Waals surface area contributed by atoms with Crippen molar-refractivity contribution in [2.24, 2.45) is 4.99 Å². The number of hydrogen-bond donors (Lipinski definition) is 0. The molecule has 0 N–H and O–H groups in total. The van der Waals surface area contributed by atoms with Crippen LogP contribution in [0.5, 0.6) is 0 Å². The van der Waals surface area contributed by atoms with Gasteiger partial charge in [-0.1, -0.05) is 53.5 Å². The normalized spacial score (nSPS) is 12.8. The average Bonchev–Trinajstić information content (AvgIpc) is 3.28. The minimum Gasteiger partial charge on any atom is -0.276 e. The van der Waals surface area contributed by atoms with Gasteiger partial charge in [-0.15, -0.1) is 21.5 Å². The minimum atomic E-state index is 0.475. The van der Waals surface area contributed by atoms with Crippen molar-refractivity contribution in [3.8, 4) is 5.00 Å². The van der Waals surface area contributed by atoms with Crippen LogP contribution >= 0.6 is 34.5 Å². The van der Waals surface area contributed by atoms with Crippen LogP contribution in [0.25, 0.3) is 5.00 Å². The molecule has 0 bridgehead atoms. The van der Waals surface area contributed by atoms with Crippen LogP contribution in [0.1, 0.15) is 33.2 Å². The molecule has 1 aliphatic rings. The Morgan fingerprint density at radius 1 is 0.967 bits per heavy atom. The molecule has 0 saturated carbocycles. The molecule has 1 aliphatic heterocycles. The SMILES string of the molecule is Cc1nnc2n1-c1sc(CCc3ccc(Cl)cc3)cc1C(c1ccccc1Cl)=NC2. The van der Waals surface area contributed by atoms with E-state index in [1.165, 1.54) is 10.4 Å². The molecule has 0 unspecified atom stereocenters. The van der Waals surface area contributed by atoms with Gasteiger partial charge in [-0.05, 0) is 49.6 Å². The van der Waals surface area contributed by atoms with E-state index in [0.717, 1.165) is 51.4 Å². The highest BCUT2D eigenvalue weighted by molar-refractivity contribution is 7.15. The minimum absolute atomic E-state index is 0.475. The van der Waals surface area contributed by atoms with E-state index >= 15 is 0 Å². The van der Waals surface area contributed by atoms with Crippen LogP contribution in [0.15, 0.2) is 59.6 Å². The first-order valence-corrected chi connectivity index (χ1v) is 11.3. The highest BCUT2D eigenvalue weighted by atomic mass is 35.5. The average molecular weight is 453 g/mol. The van der Waals surface area contributed by atoms with Gasteiger partial charge in [-0.25, -0.2) is 0 Å². The van der Waals surface area contributed by atoms with Gasteiger partial charge in [0.1, 0.15) is 17.4 Å². The lowest BCUT2D eigenvalue weighted by Gasteiger charge is -2.08. The number of halogens is 2. The summed E-state index contributed by atoms with van der Waals surface area (Å²) < 4.78 is 2.12. The fraction of sp³-hybridized carbons (Fsp3) is 0.174. The quantitative estimate of drug-likeness (QED) is 0.376. The molecule has 150 valence electrons. The van der Waals surface area contributed by atoms with Gasteiger partial charge in [0.25, 0.3) is 0 Å². The molecule has 4 aromatic rings. The first kappa shape index (κ1) is 19.5. The zero-order valence-electron chi connectivity index (χ0n) is 16.3. The van der Waals surface area contributed by atoms with Crippen LogP contribution < -0.4 is 0 Å². The molecular formula is C23H18Cl2N4S. The van der Waals surface area contributed by atoms with Gasteiger partial charge in [-0.2, -0.15) is 0 Å². The van der Waals surface area contributed by atoms with Gasteiger partial charge >= 0.3 is 0 Å². The summed E-state index contributed by atoms with van der Waals surface area (Å²) in [5.41, 5.74) is 4.21. The number of benzene rings is 2. The van der Waals surface area contributed by atoms with Crippen molar-refractivity contribution in [1.82, 2.24) is 14.8 Å². The van der Waals surface area contributed by atoms with Crippen molar-refractivity contribution in [1.29, 1.82) is 0 Å². The third-order valence-corrected chi connectivity index (χ3v) is 6.96. The van der Waals surface area contributed by atoms with Crippen LogP contribution in [-0.4, -0.2) is 20.5 Å². The number of fused-ring (bicyclic) bond motifs is 3. The lowest BCUT2D eigenvalue weighted by molar-refractivity contribution is 0.869. The van der Waals surface area contributed by atoms with Gasteiger partial charge in [0.05, 0.1) is 5.71 Å². The van der Waals surface area contributed by atoms with E-state index in [4.69, 9.17) is 28.2 Å². The Morgan fingerprint density at radius 3 is 2.57 bits per heavy atom. The zero-order chi connectivity index (χ0) is 20.7. The number of thiophene rings is 1. The molecule has 4 nitrogen and oxygen atoms in total. The van der Waals surface area contributed by atoms with E-state index in [1.54, 1.807) is 11.3 Å². The molecule has 0 atom stereocenters. The van der Waals surface area contributed by atoms with Crippen molar-refractivity contribution in [2.75, 3.05) is 0 Å². The number of nitrogens with zero attached hydrogens (tertiary/aromatic N) is 4. The largest absolute Gasteiger partial charge is 0.276 e. The fourth-order valence-electron chi connectivity index (χ4n) is 3.70. The van der Waals surface area contributed by atoms with Gasteiger partial charge in [0, 0.05) is 26.0 Å². The van der Waals surface area contributed by atoms with E-state index in [9.17, 15) is 0 Å². The van der Waals surface area contributed by atoms with Gasteiger partial charge < -0.3 is 0 Å². The Labute approximate surface area is 188 Å². The summed E-state index contributed by atoms with van der Waals surface area (Å²) >= 11 is 14.3. The van der Waals surface area contributed by atoms with Crippen LogP contribution in [0.3, 0.4) is 0 Å². The van der Waals surface area contributed by atoms with Crippen molar-refractivity contribution < 1.29 is 0 Å². The smallest absolute Gasteiger partial charge is 0.160 e. The molecule has 2 aromatic carbocycles. The molecule has 0 radical (unpaired) electrons. The standard InChI is InChI=1S/C23H18Cl2N4S/c1-14-27-28-21-13-26-22(18-4-2-3-5-20(18)25)19-12-17(30-23(19)29(14)21)11-8-15-6-9-16(24)10-7-15/h2-7,9-10,12H,8,11,13H2,1H3. The van der Waals surface area contributed by atoms with Crippen molar-refractivity contribution in [2.45, 2.75) is 26.3 Å². The summed E-state index contributed by atoms with van der Waals surface area (Å²) in [5, 5.41) is 11.2. The molecule has 2 aromatic heterocycles. The molecule has 5 rings (SSSR count). The Balaban J connectivity index is 1.57. The van der Waals surface area contributed by atoms with E-state index < -0.39 is 0 Å². The number of aliphatic imine (C=N–C) groups is 1. The van der Waals surface area contributed by atoms with Crippen LogP contribution in [0.2, 0.25) is 10.0 Å². The molecule has 3 heterocycles. The third kappa shape index (κ3) is 3.58. The van der Waals surface area contributed by atoms with Gasteiger partial charge in [-0.3, -0.25) is 9.56 Å². The molecule has 7 heteroatoms. The highest BCUT2D eigenvalue weighted by Gasteiger charge is 2.25. The summed E-state index contributed by atoms with van der Waals surface area (Å²) in [5.74, 6) is 1.72. The lowest BCUT2D eigenvalue weighted by atomic mass is 10.0. The number of aromatic nitrogens is 3. The summed E-state index contributed by atoms with van der Waals surface area (Å²) in [6, 6.07) is 18.1. The first-order chi connectivity index (χ1) is 14.6. The van der Waals surface area contributed by atoms with E-state index in [2.05, 4.69) is 33.0 Å². The summed E-state index contributed by atoms with van der Waals surface area (Å²) in [6.07, 6.45) is 1.88. The molecule has 0 saturated heterocycles. The van der Waals surface area contributed by atoms with Crippen LogP contribution in [-0.2, 0) is 19.4 Å². The summed E-state index contributed by atoms with van der Waals surface area (Å²) in [4.78, 5) is 6.18. The van der Waals surface area contributed by atoms with Gasteiger partial charge in [0.2, 0.25) is 0 Å².